The SMILES string of the molecule is COc1c(C(=O)NCCI)cccc1[N+](=O)[O-]. The fourth-order valence-corrected chi connectivity index (χ4v) is 1.59. The number of nitrogens with zero attached hydrogens (tertiary/aromatic N) is 1. The minimum Gasteiger partial charge on any atom is -0.490 e. The van der Waals surface area contributed by atoms with Crippen molar-refractivity contribution in [1.29, 1.82) is 0 Å². The fraction of sp³-hybridized carbons (Fsp3) is 0.300. The number of benzene rings is 1. The maximum absolute atomic E-state index is 11.7. The smallest absolute Gasteiger partial charge is 0.311 e. The van der Waals surface area contributed by atoms with Crippen LogP contribution in [0.25, 0.3) is 0 Å². The molecule has 0 aliphatic rings. The van der Waals surface area contributed by atoms with Crippen molar-refractivity contribution in [3.8, 4) is 5.75 Å². The third kappa shape index (κ3) is 3.29. The van der Waals surface area contributed by atoms with E-state index in [1.165, 1.54) is 25.3 Å². The summed E-state index contributed by atoms with van der Waals surface area (Å²) in [6.07, 6.45) is 0. The van der Waals surface area contributed by atoms with Gasteiger partial charge in [-0.1, -0.05) is 28.7 Å². The summed E-state index contributed by atoms with van der Waals surface area (Å²) in [5, 5.41) is 13.4. The largest absolute Gasteiger partial charge is 0.490 e. The van der Waals surface area contributed by atoms with Crippen molar-refractivity contribution in [3.05, 3.63) is 33.9 Å². The molecule has 0 aliphatic heterocycles. The van der Waals surface area contributed by atoms with Crippen molar-refractivity contribution < 1.29 is 14.5 Å². The highest BCUT2D eigenvalue weighted by molar-refractivity contribution is 14.1. The third-order valence-electron chi connectivity index (χ3n) is 2.02. The van der Waals surface area contributed by atoms with E-state index in [1.807, 2.05) is 0 Å². The topological polar surface area (TPSA) is 81.5 Å². The molecule has 0 atom stereocenters. The zero-order valence-electron chi connectivity index (χ0n) is 9.10. The van der Waals surface area contributed by atoms with Crippen LogP contribution in [-0.4, -0.2) is 28.9 Å². The number of hydrogen-bond acceptors (Lipinski definition) is 4. The van der Waals surface area contributed by atoms with E-state index in [0.29, 0.717) is 6.54 Å². The molecule has 0 spiro atoms. The van der Waals surface area contributed by atoms with Crippen molar-refractivity contribution in [2.75, 3.05) is 18.1 Å². The van der Waals surface area contributed by atoms with Gasteiger partial charge in [-0.25, -0.2) is 0 Å². The van der Waals surface area contributed by atoms with Crippen molar-refractivity contribution in [2.45, 2.75) is 0 Å². The molecule has 0 radical (unpaired) electrons. The number of para-hydroxylation sites is 1. The maximum atomic E-state index is 11.7. The Bertz CT molecular complexity index is 436. The van der Waals surface area contributed by atoms with E-state index < -0.39 is 4.92 Å². The van der Waals surface area contributed by atoms with Gasteiger partial charge in [-0.2, -0.15) is 0 Å². The van der Waals surface area contributed by atoms with Gasteiger partial charge in [-0.3, -0.25) is 14.9 Å². The quantitative estimate of drug-likeness (QED) is 0.380. The lowest BCUT2D eigenvalue weighted by Crippen LogP contribution is -2.25. The van der Waals surface area contributed by atoms with Gasteiger partial charge in [0.25, 0.3) is 5.91 Å². The van der Waals surface area contributed by atoms with E-state index in [2.05, 4.69) is 27.9 Å². The summed E-state index contributed by atoms with van der Waals surface area (Å²) < 4.78 is 5.70. The summed E-state index contributed by atoms with van der Waals surface area (Å²) in [6, 6.07) is 4.25. The normalized spacial score (nSPS) is 9.76. The highest BCUT2D eigenvalue weighted by Gasteiger charge is 2.21. The van der Waals surface area contributed by atoms with Crippen LogP contribution in [0.15, 0.2) is 18.2 Å². The minimum absolute atomic E-state index is 0.0107. The van der Waals surface area contributed by atoms with E-state index in [0.717, 1.165) is 4.43 Å². The Morgan fingerprint density at radius 3 is 2.82 bits per heavy atom. The maximum Gasteiger partial charge on any atom is 0.311 e. The molecule has 0 saturated carbocycles. The number of hydrogen-bond donors (Lipinski definition) is 1. The van der Waals surface area contributed by atoms with E-state index in [9.17, 15) is 14.9 Å². The third-order valence-corrected chi connectivity index (χ3v) is 2.56. The van der Waals surface area contributed by atoms with E-state index in [-0.39, 0.29) is 22.9 Å². The molecule has 1 N–H and O–H groups in total. The molecule has 0 unspecified atom stereocenters. The second-order valence-electron chi connectivity index (χ2n) is 3.06. The van der Waals surface area contributed by atoms with Crippen molar-refractivity contribution >= 4 is 34.2 Å². The Kier molecular flexibility index (Phi) is 5.13. The lowest BCUT2D eigenvalue weighted by Gasteiger charge is -2.08. The molecule has 92 valence electrons. The predicted molar refractivity (Wildman–Crippen MR) is 70.9 cm³/mol. The predicted octanol–water partition coefficient (Wildman–Crippen LogP) is 1.77. The van der Waals surface area contributed by atoms with Gasteiger partial charge in [0.05, 0.1) is 17.6 Å². The molecule has 0 aromatic heterocycles. The number of amides is 1. The Morgan fingerprint density at radius 1 is 1.59 bits per heavy atom. The number of rotatable bonds is 5. The van der Waals surface area contributed by atoms with Gasteiger partial charge < -0.3 is 10.1 Å². The van der Waals surface area contributed by atoms with Crippen LogP contribution < -0.4 is 10.1 Å². The molecule has 0 saturated heterocycles. The highest BCUT2D eigenvalue weighted by atomic mass is 127. The number of ether oxygens (including phenoxy) is 1. The van der Waals surface area contributed by atoms with Gasteiger partial charge in [0, 0.05) is 17.0 Å². The number of methoxy groups -OCH3 is 1. The molecule has 17 heavy (non-hydrogen) atoms. The first kappa shape index (κ1) is 13.7. The van der Waals surface area contributed by atoms with Crippen LogP contribution in [0, 0.1) is 10.1 Å². The van der Waals surface area contributed by atoms with E-state index in [4.69, 9.17) is 4.74 Å². The monoisotopic (exact) mass is 350 g/mol. The molecule has 1 amide bonds. The molecule has 1 aromatic rings. The van der Waals surface area contributed by atoms with Gasteiger partial charge in [-0.15, -0.1) is 0 Å². The van der Waals surface area contributed by atoms with E-state index >= 15 is 0 Å². The number of alkyl halides is 1. The molecule has 6 nitrogen and oxygen atoms in total. The van der Waals surface area contributed by atoms with Crippen LogP contribution in [0.3, 0.4) is 0 Å². The van der Waals surface area contributed by atoms with Crippen LogP contribution in [-0.2, 0) is 0 Å². The summed E-state index contributed by atoms with van der Waals surface area (Å²) in [5.41, 5.74) is -0.0406. The van der Waals surface area contributed by atoms with Crippen LogP contribution in [0.2, 0.25) is 0 Å². The molecule has 1 rings (SSSR count). The van der Waals surface area contributed by atoms with Crippen LogP contribution in [0.5, 0.6) is 5.75 Å². The Morgan fingerprint density at radius 2 is 2.29 bits per heavy atom. The summed E-state index contributed by atoms with van der Waals surface area (Å²) in [5.74, 6) is -0.384. The molecule has 0 heterocycles. The zero-order valence-corrected chi connectivity index (χ0v) is 11.3. The van der Waals surface area contributed by atoms with Crippen LogP contribution in [0.1, 0.15) is 10.4 Å². The van der Waals surface area contributed by atoms with Crippen molar-refractivity contribution in [2.24, 2.45) is 0 Å². The number of nitrogens with one attached hydrogen (secondary N) is 1. The second kappa shape index (κ2) is 6.38. The average Bonchev–Trinajstić information content (AvgIpc) is 2.34. The number of nitro groups is 1. The number of halogens is 1. The Labute approximate surface area is 112 Å². The van der Waals surface area contributed by atoms with Crippen LogP contribution >= 0.6 is 22.6 Å². The van der Waals surface area contributed by atoms with Crippen molar-refractivity contribution in [1.82, 2.24) is 5.32 Å². The average molecular weight is 350 g/mol. The molecular weight excluding hydrogens is 339 g/mol. The summed E-state index contributed by atoms with van der Waals surface area (Å²) in [4.78, 5) is 21.9. The standard InChI is InChI=1S/C10H11IN2O4/c1-17-9-7(10(14)12-6-5-11)3-2-4-8(9)13(15)16/h2-4H,5-6H2,1H3,(H,12,14). The van der Waals surface area contributed by atoms with Gasteiger partial charge in [0.2, 0.25) is 5.75 Å². The Balaban J connectivity index is 3.11. The van der Waals surface area contributed by atoms with Gasteiger partial charge >= 0.3 is 5.69 Å². The first-order valence-electron chi connectivity index (χ1n) is 4.77. The van der Waals surface area contributed by atoms with Gasteiger partial charge in [0.15, 0.2) is 0 Å². The summed E-state index contributed by atoms with van der Waals surface area (Å²) >= 11 is 2.12. The molecule has 0 fully saturated rings. The number of carbonyl (C=O) groups is 1. The molecule has 1 aromatic carbocycles. The zero-order chi connectivity index (χ0) is 12.8. The second-order valence-corrected chi connectivity index (χ2v) is 4.14. The van der Waals surface area contributed by atoms with E-state index in [1.54, 1.807) is 0 Å². The molecular formula is C10H11IN2O4. The first-order chi connectivity index (χ1) is 8.11. The lowest BCUT2D eigenvalue weighted by atomic mass is 10.1. The van der Waals surface area contributed by atoms with Crippen LogP contribution in [0.4, 0.5) is 5.69 Å². The lowest BCUT2D eigenvalue weighted by molar-refractivity contribution is -0.385. The highest BCUT2D eigenvalue weighted by Crippen LogP contribution is 2.30. The minimum atomic E-state index is -0.575. The molecule has 0 aliphatic carbocycles. The fourth-order valence-electron chi connectivity index (χ4n) is 1.32. The Hall–Kier alpha value is -1.38. The number of nitro benzene ring substituents is 1. The summed E-state index contributed by atoms with van der Waals surface area (Å²) in [6.45, 7) is 0.505. The molecule has 7 heteroatoms. The molecule has 0 bridgehead atoms. The van der Waals surface area contributed by atoms with Crippen molar-refractivity contribution in [3.63, 3.8) is 0 Å². The number of carbonyl (C=O) groups excluding carboxylic acids is 1. The summed E-state index contributed by atoms with van der Waals surface area (Å²) in [7, 11) is 1.30. The van der Waals surface area contributed by atoms with Gasteiger partial charge in [0.1, 0.15) is 0 Å². The first-order valence-corrected chi connectivity index (χ1v) is 6.30. The van der Waals surface area contributed by atoms with Gasteiger partial charge in [-0.05, 0) is 6.07 Å².